The van der Waals surface area contributed by atoms with Crippen LogP contribution in [-0.2, 0) is 17.2 Å². The Morgan fingerprint density at radius 1 is 1.40 bits per heavy atom. The van der Waals surface area contributed by atoms with Crippen LogP contribution in [-0.4, -0.2) is 21.5 Å². The van der Waals surface area contributed by atoms with Gasteiger partial charge in [0.2, 0.25) is 5.91 Å². The molecular weight excluding hydrogens is 274 g/mol. The van der Waals surface area contributed by atoms with Gasteiger partial charge in [0.05, 0.1) is 16.9 Å². The lowest BCUT2D eigenvalue weighted by Gasteiger charge is -2.08. The molecule has 3 rings (SSSR count). The molecule has 0 atom stereocenters. The Morgan fingerprint density at radius 3 is 2.95 bits per heavy atom. The summed E-state index contributed by atoms with van der Waals surface area (Å²) in [5, 5.41) is 3.01. The fourth-order valence-corrected chi connectivity index (χ4v) is 2.61. The van der Waals surface area contributed by atoms with Gasteiger partial charge < -0.3 is 9.88 Å². The van der Waals surface area contributed by atoms with Gasteiger partial charge in [-0.2, -0.15) is 0 Å². The summed E-state index contributed by atoms with van der Waals surface area (Å²) in [6, 6.07) is 8.44. The van der Waals surface area contributed by atoms with Crippen molar-refractivity contribution in [3.05, 3.63) is 30.1 Å². The van der Waals surface area contributed by atoms with Crippen LogP contribution in [0.15, 0.2) is 24.3 Å². The number of nitrogens with zero attached hydrogens (tertiary/aromatic N) is 2. The molecule has 1 fully saturated rings. The maximum Gasteiger partial charge on any atom is 0.220 e. The lowest BCUT2D eigenvalue weighted by molar-refractivity contribution is -0.121. The standard InChI is InChI=1S/C15H18ClN3O/c16-10-14-18-12-4-1-2-5-13(12)19(14)9-3-6-15(20)17-11-7-8-11/h1-2,4-5,11H,3,6-10H2,(H,17,20). The highest BCUT2D eigenvalue weighted by atomic mass is 35.5. The quantitative estimate of drug-likeness (QED) is 0.832. The predicted molar refractivity (Wildman–Crippen MR) is 79.7 cm³/mol. The monoisotopic (exact) mass is 291 g/mol. The number of hydrogen-bond acceptors (Lipinski definition) is 2. The van der Waals surface area contributed by atoms with Crippen molar-refractivity contribution in [3.63, 3.8) is 0 Å². The van der Waals surface area contributed by atoms with E-state index in [4.69, 9.17) is 11.6 Å². The fraction of sp³-hybridized carbons (Fsp3) is 0.467. The molecule has 106 valence electrons. The first kappa shape index (κ1) is 13.4. The highest BCUT2D eigenvalue weighted by Gasteiger charge is 2.22. The minimum absolute atomic E-state index is 0.157. The molecule has 1 amide bonds. The van der Waals surface area contributed by atoms with Crippen LogP contribution in [0.1, 0.15) is 31.5 Å². The Balaban J connectivity index is 1.65. The van der Waals surface area contributed by atoms with Gasteiger partial charge in [0, 0.05) is 19.0 Å². The Kier molecular flexibility index (Phi) is 3.92. The van der Waals surface area contributed by atoms with E-state index in [0.29, 0.717) is 18.3 Å². The normalized spacial score (nSPS) is 14.7. The molecular formula is C15H18ClN3O. The third kappa shape index (κ3) is 2.96. The zero-order valence-corrected chi connectivity index (χ0v) is 12.1. The van der Waals surface area contributed by atoms with Crippen molar-refractivity contribution in [1.82, 2.24) is 14.9 Å². The summed E-state index contributed by atoms with van der Waals surface area (Å²) in [4.78, 5) is 16.2. The van der Waals surface area contributed by atoms with Gasteiger partial charge in [-0.1, -0.05) is 12.1 Å². The van der Waals surface area contributed by atoms with Crippen LogP contribution in [0.25, 0.3) is 11.0 Å². The van der Waals surface area contributed by atoms with Gasteiger partial charge in [-0.25, -0.2) is 4.98 Å². The number of hydrogen-bond donors (Lipinski definition) is 1. The molecule has 1 aliphatic rings. The lowest BCUT2D eigenvalue weighted by Crippen LogP contribution is -2.25. The maximum atomic E-state index is 11.7. The van der Waals surface area contributed by atoms with Gasteiger partial charge in [0.15, 0.2) is 0 Å². The molecule has 0 saturated heterocycles. The van der Waals surface area contributed by atoms with E-state index in [1.165, 1.54) is 0 Å². The highest BCUT2D eigenvalue weighted by Crippen LogP contribution is 2.20. The zero-order valence-electron chi connectivity index (χ0n) is 11.3. The zero-order chi connectivity index (χ0) is 13.9. The molecule has 1 aliphatic carbocycles. The number of imidazole rings is 1. The molecule has 2 aromatic rings. The summed E-state index contributed by atoms with van der Waals surface area (Å²) in [5.41, 5.74) is 2.05. The Labute approximate surface area is 123 Å². The lowest BCUT2D eigenvalue weighted by atomic mass is 10.2. The van der Waals surface area contributed by atoms with E-state index in [-0.39, 0.29) is 5.91 Å². The van der Waals surface area contributed by atoms with Gasteiger partial charge >= 0.3 is 0 Å². The van der Waals surface area contributed by atoms with Crippen molar-refractivity contribution in [2.24, 2.45) is 0 Å². The molecule has 0 aliphatic heterocycles. The molecule has 1 N–H and O–H groups in total. The van der Waals surface area contributed by atoms with Crippen LogP contribution in [0.3, 0.4) is 0 Å². The van der Waals surface area contributed by atoms with E-state index in [1.807, 2.05) is 24.3 Å². The number of fused-ring (bicyclic) bond motifs is 1. The van der Waals surface area contributed by atoms with Crippen LogP contribution >= 0.6 is 11.6 Å². The van der Waals surface area contributed by atoms with Crippen molar-refractivity contribution in [1.29, 1.82) is 0 Å². The fourth-order valence-electron chi connectivity index (χ4n) is 2.40. The molecule has 0 unspecified atom stereocenters. The molecule has 20 heavy (non-hydrogen) atoms. The number of amides is 1. The summed E-state index contributed by atoms with van der Waals surface area (Å²) in [7, 11) is 0. The van der Waals surface area contributed by atoms with E-state index in [1.54, 1.807) is 0 Å². The predicted octanol–water partition coefficient (Wildman–Crippen LogP) is 2.83. The third-order valence-corrected chi connectivity index (χ3v) is 3.82. The number of aromatic nitrogens is 2. The van der Waals surface area contributed by atoms with Crippen LogP contribution in [0, 0.1) is 0 Å². The third-order valence-electron chi connectivity index (χ3n) is 3.58. The van der Waals surface area contributed by atoms with E-state index < -0.39 is 0 Å². The van der Waals surface area contributed by atoms with Crippen molar-refractivity contribution in [2.75, 3.05) is 0 Å². The number of carbonyl (C=O) groups excluding carboxylic acids is 1. The average molecular weight is 292 g/mol. The highest BCUT2D eigenvalue weighted by molar-refractivity contribution is 6.16. The van der Waals surface area contributed by atoms with E-state index in [0.717, 1.165) is 42.7 Å². The number of alkyl halides is 1. The van der Waals surface area contributed by atoms with Gasteiger partial charge in [-0.3, -0.25) is 4.79 Å². The molecule has 4 nitrogen and oxygen atoms in total. The molecule has 1 aromatic heterocycles. The first-order valence-corrected chi connectivity index (χ1v) is 7.61. The van der Waals surface area contributed by atoms with Crippen LogP contribution < -0.4 is 5.32 Å². The second-order valence-corrected chi connectivity index (χ2v) is 5.51. The molecule has 1 heterocycles. The maximum absolute atomic E-state index is 11.7. The van der Waals surface area contributed by atoms with E-state index in [9.17, 15) is 4.79 Å². The molecule has 1 saturated carbocycles. The van der Waals surface area contributed by atoms with E-state index in [2.05, 4.69) is 14.9 Å². The van der Waals surface area contributed by atoms with Crippen molar-refractivity contribution in [3.8, 4) is 0 Å². The second kappa shape index (κ2) is 5.83. The first-order chi connectivity index (χ1) is 9.78. The molecule has 5 heteroatoms. The number of halogens is 1. The molecule has 0 spiro atoms. The van der Waals surface area contributed by atoms with Gasteiger partial charge in [0.25, 0.3) is 0 Å². The SMILES string of the molecule is O=C(CCCn1c(CCl)nc2ccccc21)NC1CC1. The molecule has 0 bridgehead atoms. The minimum Gasteiger partial charge on any atom is -0.353 e. The Bertz CT molecular complexity index is 619. The summed E-state index contributed by atoms with van der Waals surface area (Å²) in [6.07, 6.45) is 3.64. The number of nitrogens with one attached hydrogen (secondary N) is 1. The van der Waals surface area contributed by atoms with Crippen LogP contribution in [0.5, 0.6) is 0 Å². The summed E-state index contributed by atoms with van der Waals surface area (Å²) < 4.78 is 2.12. The topological polar surface area (TPSA) is 46.9 Å². The van der Waals surface area contributed by atoms with Crippen molar-refractivity contribution in [2.45, 2.75) is 44.1 Å². The molecule has 1 aromatic carbocycles. The molecule has 0 radical (unpaired) electrons. The number of para-hydroxylation sites is 2. The number of rotatable bonds is 6. The smallest absolute Gasteiger partial charge is 0.220 e. The van der Waals surface area contributed by atoms with Gasteiger partial charge in [-0.05, 0) is 31.4 Å². The number of benzene rings is 1. The number of aryl methyl sites for hydroxylation is 1. The van der Waals surface area contributed by atoms with Crippen LogP contribution in [0.4, 0.5) is 0 Å². The second-order valence-electron chi connectivity index (χ2n) is 5.25. The van der Waals surface area contributed by atoms with Crippen molar-refractivity contribution < 1.29 is 4.79 Å². The van der Waals surface area contributed by atoms with Gasteiger partial charge in [-0.15, -0.1) is 11.6 Å². The largest absolute Gasteiger partial charge is 0.353 e. The average Bonchev–Trinajstić information content (AvgIpc) is 3.19. The summed E-state index contributed by atoms with van der Waals surface area (Å²) in [6.45, 7) is 0.778. The minimum atomic E-state index is 0.157. The van der Waals surface area contributed by atoms with Gasteiger partial charge in [0.1, 0.15) is 5.82 Å². The van der Waals surface area contributed by atoms with Crippen LogP contribution in [0.2, 0.25) is 0 Å². The van der Waals surface area contributed by atoms with E-state index >= 15 is 0 Å². The Hall–Kier alpha value is -1.55. The number of carbonyl (C=O) groups is 1. The first-order valence-electron chi connectivity index (χ1n) is 7.07. The summed E-state index contributed by atoms with van der Waals surface area (Å²) in [5.74, 6) is 1.42. The Morgan fingerprint density at radius 2 is 2.20 bits per heavy atom. The summed E-state index contributed by atoms with van der Waals surface area (Å²) >= 11 is 5.96. The van der Waals surface area contributed by atoms with Crippen molar-refractivity contribution >= 4 is 28.5 Å².